The molecular formula is C27H40N6O5. The lowest BCUT2D eigenvalue weighted by Gasteiger charge is -2.39. The summed E-state index contributed by atoms with van der Waals surface area (Å²) in [6, 6.07) is 4.81. The van der Waals surface area contributed by atoms with Crippen LogP contribution in [-0.4, -0.2) is 90.5 Å². The molecule has 38 heavy (non-hydrogen) atoms. The number of likely N-dealkylation sites (N-methyl/N-ethyl adjacent to an activating group) is 1. The van der Waals surface area contributed by atoms with Gasteiger partial charge in [0.25, 0.3) is 0 Å². The van der Waals surface area contributed by atoms with E-state index in [1.165, 1.54) is 0 Å². The summed E-state index contributed by atoms with van der Waals surface area (Å²) in [4.78, 5) is 56.4. The lowest BCUT2D eigenvalue weighted by atomic mass is 10.00. The molecule has 4 N–H and O–H groups in total. The Bertz CT molecular complexity index is 1050. The number of para-hydroxylation sites is 1. The van der Waals surface area contributed by atoms with E-state index in [9.17, 15) is 19.2 Å². The molecule has 0 aliphatic carbocycles. The van der Waals surface area contributed by atoms with Crippen LogP contribution in [0.2, 0.25) is 0 Å². The van der Waals surface area contributed by atoms with E-state index >= 15 is 0 Å². The fraction of sp³-hybridized carbons (Fsp3) is 0.630. The molecule has 2 fully saturated rings. The highest BCUT2D eigenvalue weighted by Gasteiger charge is 2.46. The zero-order valence-corrected chi connectivity index (χ0v) is 22.7. The fourth-order valence-electron chi connectivity index (χ4n) is 5.45. The van der Waals surface area contributed by atoms with Crippen LogP contribution in [0.15, 0.2) is 24.3 Å². The first-order valence-electron chi connectivity index (χ1n) is 13.6. The van der Waals surface area contributed by atoms with Crippen LogP contribution < -0.4 is 26.0 Å². The molecule has 0 spiro atoms. The Morgan fingerprint density at radius 1 is 1.00 bits per heavy atom. The van der Waals surface area contributed by atoms with Crippen LogP contribution in [0.4, 0.5) is 4.79 Å². The van der Waals surface area contributed by atoms with Crippen molar-refractivity contribution in [2.24, 2.45) is 0 Å². The Balaban J connectivity index is 1.54. The number of carbonyl (C=O) groups excluding carboxylic acids is 4. The van der Waals surface area contributed by atoms with E-state index in [4.69, 9.17) is 4.74 Å². The summed E-state index contributed by atoms with van der Waals surface area (Å²) < 4.78 is 5.73. The van der Waals surface area contributed by atoms with E-state index in [0.29, 0.717) is 38.8 Å². The lowest BCUT2D eigenvalue weighted by molar-refractivity contribution is -0.145. The number of benzene rings is 1. The van der Waals surface area contributed by atoms with Crippen LogP contribution >= 0.6 is 0 Å². The smallest absolute Gasteiger partial charge is 0.317 e. The van der Waals surface area contributed by atoms with Crippen molar-refractivity contribution in [3.63, 3.8) is 0 Å². The number of carbonyl (C=O) groups is 4. The van der Waals surface area contributed by atoms with Crippen molar-refractivity contribution < 1.29 is 23.9 Å². The molecule has 3 heterocycles. The second-order valence-electron chi connectivity index (χ2n) is 10.6. The van der Waals surface area contributed by atoms with Crippen molar-refractivity contribution in [3.05, 3.63) is 29.8 Å². The standard InChI is InChI=1S/C27H40N6O5/c1-16(2)29-27(37)32-13-11-18-9-10-22(33(18)26(36)21(15-32)31-24(34)17(3)28-4)25(35)30-20-12-14-38-23-8-6-5-7-19(20)23/h5-8,16-18,20-22,28H,9-15H2,1-4H3,(H,29,37)(H,30,35)(H,31,34)/t17-,18+,20+,21-,22-/m0/s1. The van der Waals surface area contributed by atoms with Gasteiger partial charge in [-0.05, 0) is 53.1 Å². The zero-order valence-electron chi connectivity index (χ0n) is 22.7. The van der Waals surface area contributed by atoms with Gasteiger partial charge in [0.15, 0.2) is 0 Å². The third-order valence-corrected chi connectivity index (χ3v) is 7.61. The SMILES string of the molecule is CN[C@@H](C)C(=O)N[C@H]1CN(C(=O)NC(C)C)CC[C@H]2CC[C@@H](C(=O)N[C@@H]3CCOc4ccccc43)N2C1=O. The maximum Gasteiger partial charge on any atom is 0.317 e. The van der Waals surface area contributed by atoms with Crippen molar-refractivity contribution in [3.8, 4) is 5.75 Å². The average molecular weight is 529 g/mol. The van der Waals surface area contributed by atoms with Crippen LogP contribution in [0.3, 0.4) is 0 Å². The molecule has 3 aliphatic rings. The number of hydrogen-bond acceptors (Lipinski definition) is 6. The van der Waals surface area contributed by atoms with Gasteiger partial charge < -0.3 is 35.8 Å². The number of hydrogen-bond donors (Lipinski definition) is 4. The molecule has 3 aliphatic heterocycles. The molecule has 11 nitrogen and oxygen atoms in total. The predicted octanol–water partition coefficient (Wildman–Crippen LogP) is 0.902. The van der Waals surface area contributed by atoms with E-state index < -0.39 is 18.1 Å². The van der Waals surface area contributed by atoms with Gasteiger partial charge in [-0.1, -0.05) is 18.2 Å². The minimum absolute atomic E-state index is 0.0322. The molecule has 0 aromatic heterocycles. The highest BCUT2D eigenvalue weighted by atomic mass is 16.5. The van der Waals surface area contributed by atoms with Crippen LogP contribution in [0.1, 0.15) is 58.1 Å². The zero-order chi connectivity index (χ0) is 27.4. The second-order valence-corrected chi connectivity index (χ2v) is 10.6. The molecule has 4 rings (SSSR count). The summed E-state index contributed by atoms with van der Waals surface area (Å²) >= 11 is 0. The van der Waals surface area contributed by atoms with Gasteiger partial charge in [0, 0.05) is 30.6 Å². The highest BCUT2D eigenvalue weighted by Crippen LogP contribution is 2.33. The van der Waals surface area contributed by atoms with Crippen LogP contribution in [0, 0.1) is 0 Å². The van der Waals surface area contributed by atoms with Crippen molar-refractivity contribution in [2.45, 2.75) is 82.7 Å². The normalized spacial score (nSPS) is 25.9. The second kappa shape index (κ2) is 12.0. The first kappa shape index (κ1) is 27.7. The Kier molecular flexibility index (Phi) is 8.76. The van der Waals surface area contributed by atoms with Gasteiger partial charge in [0.2, 0.25) is 17.7 Å². The third kappa shape index (κ3) is 6.03. The molecular weight excluding hydrogens is 488 g/mol. The van der Waals surface area contributed by atoms with Gasteiger partial charge in [-0.15, -0.1) is 0 Å². The van der Waals surface area contributed by atoms with E-state index in [1.807, 2.05) is 38.1 Å². The largest absolute Gasteiger partial charge is 0.493 e. The number of nitrogens with one attached hydrogen (secondary N) is 4. The van der Waals surface area contributed by atoms with Gasteiger partial charge in [0.1, 0.15) is 17.8 Å². The lowest BCUT2D eigenvalue weighted by Crippen LogP contribution is -2.63. The number of amides is 5. The molecule has 0 bridgehead atoms. The summed E-state index contributed by atoms with van der Waals surface area (Å²) in [6.45, 7) is 6.41. The quantitative estimate of drug-likeness (QED) is 0.434. The van der Waals surface area contributed by atoms with Crippen molar-refractivity contribution in [1.82, 2.24) is 31.1 Å². The summed E-state index contributed by atoms with van der Waals surface area (Å²) in [5.74, 6) is -0.118. The van der Waals surface area contributed by atoms with E-state index in [0.717, 1.165) is 11.3 Å². The van der Waals surface area contributed by atoms with Crippen LogP contribution in [0.25, 0.3) is 0 Å². The molecule has 0 saturated carbocycles. The van der Waals surface area contributed by atoms with E-state index in [-0.39, 0.29) is 48.4 Å². The molecule has 1 aromatic carbocycles. The van der Waals surface area contributed by atoms with Gasteiger partial charge in [-0.25, -0.2) is 4.79 Å². The molecule has 5 atom stereocenters. The minimum Gasteiger partial charge on any atom is -0.493 e. The predicted molar refractivity (Wildman–Crippen MR) is 141 cm³/mol. The molecule has 11 heteroatoms. The van der Waals surface area contributed by atoms with Crippen molar-refractivity contribution >= 4 is 23.8 Å². The van der Waals surface area contributed by atoms with Gasteiger partial charge in [-0.2, -0.15) is 0 Å². The van der Waals surface area contributed by atoms with Crippen molar-refractivity contribution in [2.75, 3.05) is 26.7 Å². The number of ether oxygens (including phenoxy) is 1. The Hall–Kier alpha value is -3.34. The molecule has 0 unspecified atom stereocenters. The van der Waals surface area contributed by atoms with Crippen LogP contribution in [-0.2, 0) is 14.4 Å². The Morgan fingerprint density at radius 2 is 1.76 bits per heavy atom. The third-order valence-electron chi connectivity index (χ3n) is 7.61. The fourth-order valence-corrected chi connectivity index (χ4v) is 5.45. The number of urea groups is 1. The summed E-state index contributed by atoms with van der Waals surface area (Å²) in [5.41, 5.74) is 0.929. The molecule has 5 amide bonds. The average Bonchev–Trinajstić information content (AvgIpc) is 3.31. The summed E-state index contributed by atoms with van der Waals surface area (Å²) in [5, 5.41) is 11.7. The number of fused-ring (bicyclic) bond motifs is 2. The summed E-state index contributed by atoms with van der Waals surface area (Å²) in [7, 11) is 1.66. The van der Waals surface area contributed by atoms with Crippen LogP contribution in [0.5, 0.6) is 5.75 Å². The highest BCUT2D eigenvalue weighted by molar-refractivity contribution is 5.94. The molecule has 1 aromatic rings. The molecule has 2 saturated heterocycles. The minimum atomic E-state index is -0.962. The van der Waals surface area contributed by atoms with Gasteiger partial charge >= 0.3 is 6.03 Å². The molecule has 208 valence electrons. The monoisotopic (exact) mass is 528 g/mol. The Labute approximate surface area is 224 Å². The first-order valence-corrected chi connectivity index (χ1v) is 13.6. The Morgan fingerprint density at radius 3 is 2.50 bits per heavy atom. The number of rotatable bonds is 6. The summed E-state index contributed by atoms with van der Waals surface area (Å²) in [6.07, 6.45) is 2.39. The number of nitrogens with zero attached hydrogens (tertiary/aromatic N) is 2. The first-order chi connectivity index (χ1) is 18.2. The van der Waals surface area contributed by atoms with Gasteiger partial charge in [-0.3, -0.25) is 14.4 Å². The van der Waals surface area contributed by atoms with E-state index in [1.54, 1.807) is 23.8 Å². The van der Waals surface area contributed by atoms with E-state index in [2.05, 4.69) is 21.3 Å². The molecule has 0 radical (unpaired) electrons. The maximum absolute atomic E-state index is 14.0. The van der Waals surface area contributed by atoms with Gasteiger partial charge in [0.05, 0.1) is 25.2 Å². The van der Waals surface area contributed by atoms with Crippen molar-refractivity contribution in [1.29, 1.82) is 0 Å². The topological polar surface area (TPSA) is 132 Å². The maximum atomic E-state index is 14.0.